The molecule has 2 N–H and O–H groups in total. The molecule has 1 saturated carbocycles. The Bertz CT molecular complexity index is 689. The predicted molar refractivity (Wildman–Crippen MR) is 79.8 cm³/mol. The summed E-state index contributed by atoms with van der Waals surface area (Å²) in [5.41, 5.74) is 2.53. The minimum atomic E-state index is -0.236. The third-order valence-electron chi connectivity index (χ3n) is 4.67. The Kier molecular flexibility index (Phi) is 2.46. The Labute approximate surface area is 117 Å². The van der Waals surface area contributed by atoms with E-state index < -0.39 is 0 Å². The van der Waals surface area contributed by atoms with Crippen molar-refractivity contribution in [2.45, 2.75) is 25.7 Å². The van der Waals surface area contributed by atoms with Crippen LogP contribution in [0.15, 0.2) is 30.5 Å². The first-order chi connectivity index (χ1) is 9.78. The van der Waals surface area contributed by atoms with Gasteiger partial charge in [-0.3, -0.25) is 9.78 Å². The number of rotatable bonds is 0. The van der Waals surface area contributed by atoms with E-state index in [1.807, 2.05) is 24.3 Å². The van der Waals surface area contributed by atoms with Gasteiger partial charge in [-0.15, -0.1) is 0 Å². The van der Waals surface area contributed by atoms with E-state index in [-0.39, 0.29) is 11.3 Å². The first-order valence-electron chi connectivity index (χ1n) is 7.22. The van der Waals surface area contributed by atoms with Crippen LogP contribution in [-0.4, -0.2) is 17.4 Å². The number of anilines is 2. The smallest absolute Gasteiger partial charge is 0.232 e. The van der Waals surface area contributed by atoms with Crippen LogP contribution in [0.3, 0.4) is 0 Å². The van der Waals surface area contributed by atoms with Crippen molar-refractivity contribution in [2.75, 3.05) is 17.2 Å². The lowest BCUT2D eigenvalue weighted by Gasteiger charge is -2.24. The summed E-state index contributed by atoms with van der Waals surface area (Å²) in [7, 11) is 0. The number of para-hydroxylation sites is 1. The van der Waals surface area contributed by atoms with Gasteiger partial charge in [-0.25, -0.2) is 0 Å². The summed E-state index contributed by atoms with van der Waals surface area (Å²) in [6.07, 6.45) is 6.00. The molecule has 4 heteroatoms. The van der Waals surface area contributed by atoms with Crippen LogP contribution in [-0.2, 0) is 4.79 Å². The largest absolute Gasteiger partial charge is 0.382 e. The second-order valence-corrected chi connectivity index (χ2v) is 5.86. The number of nitrogens with zero attached hydrogens (tertiary/aromatic N) is 1. The molecule has 1 aromatic carbocycles. The van der Waals surface area contributed by atoms with Gasteiger partial charge in [0.2, 0.25) is 5.91 Å². The second-order valence-electron chi connectivity index (χ2n) is 5.86. The molecule has 0 unspecified atom stereocenters. The summed E-state index contributed by atoms with van der Waals surface area (Å²) < 4.78 is 0. The number of carbonyl (C=O) groups excluding carboxylic acids is 1. The minimum absolute atomic E-state index is 0.151. The Morgan fingerprint density at radius 3 is 2.80 bits per heavy atom. The van der Waals surface area contributed by atoms with Gasteiger partial charge in [-0.1, -0.05) is 31.0 Å². The van der Waals surface area contributed by atoms with Crippen LogP contribution >= 0.6 is 0 Å². The molecule has 1 fully saturated rings. The third-order valence-corrected chi connectivity index (χ3v) is 4.67. The molecule has 0 saturated heterocycles. The second kappa shape index (κ2) is 4.20. The molecule has 2 heterocycles. The summed E-state index contributed by atoms with van der Waals surface area (Å²) in [6, 6.07) is 8.03. The van der Waals surface area contributed by atoms with Crippen molar-refractivity contribution in [3.8, 4) is 0 Å². The highest BCUT2D eigenvalue weighted by atomic mass is 16.2. The fourth-order valence-electron chi connectivity index (χ4n) is 3.47. The van der Waals surface area contributed by atoms with Gasteiger partial charge in [-0.2, -0.15) is 0 Å². The Balaban J connectivity index is 1.83. The maximum atomic E-state index is 12.6. The molecule has 4 rings (SSSR count). The number of aromatic nitrogens is 1. The zero-order valence-electron chi connectivity index (χ0n) is 11.3. The van der Waals surface area contributed by atoms with Crippen LogP contribution in [0.1, 0.15) is 25.7 Å². The molecule has 2 aromatic rings. The molecule has 1 amide bonds. The van der Waals surface area contributed by atoms with Crippen molar-refractivity contribution in [3.63, 3.8) is 0 Å². The maximum Gasteiger partial charge on any atom is 0.232 e. The Morgan fingerprint density at radius 1 is 1.15 bits per heavy atom. The van der Waals surface area contributed by atoms with E-state index >= 15 is 0 Å². The highest BCUT2D eigenvalue weighted by Gasteiger charge is 2.42. The zero-order chi connectivity index (χ0) is 13.6. The quantitative estimate of drug-likeness (QED) is 0.771. The molecule has 0 bridgehead atoms. The van der Waals surface area contributed by atoms with Crippen molar-refractivity contribution in [1.29, 1.82) is 0 Å². The van der Waals surface area contributed by atoms with Crippen LogP contribution < -0.4 is 10.6 Å². The number of hydrogen-bond acceptors (Lipinski definition) is 3. The normalized spacial score (nSPS) is 20.3. The molecule has 1 spiro atoms. The molecule has 1 aliphatic carbocycles. The molecule has 0 atom stereocenters. The van der Waals surface area contributed by atoms with Gasteiger partial charge >= 0.3 is 0 Å². The SMILES string of the molecule is O=C1Nc2cnc3ccccc3c2NCC12CCCC2. The number of fused-ring (bicyclic) bond motifs is 3. The number of hydrogen-bond donors (Lipinski definition) is 2. The Hall–Kier alpha value is -2.10. The molecule has 0 radical (unpaired) electrons. The molecular formula is C16H17N3O. The van der Waals surface area contributed by atoms with Crippen LogP contribution in [0.5, 0.6) is 0 Å². The summed E-state index contributed by atoms with van der Waals surface area (Å²) in [5, 5.41) is 7.66. The standard InChI is InChI=1S/C16H17N3O/c20-15-16(7-3-4-8-16)10-18-14-11-5-1-2-6-12(11)17-9-13(14)19-15/h1-2,5-6,9,18H,3-4,7-8,10H2,(H,19,20). The van der Waals surface area contributed by atoms with E-state index in [0.717, 1.165) is 54.5 Å². The van der Waals surface area contributed by atoms with Gasteiger partial charge in [0.15, 0.2) is 0 Å². The van der Waals surface area contributed by atoms with Gasteiger partial charge in [-0.05, 0) is 18.9 Å². The molecule has 2 aliphatic rings. The third kappa shape index (κ3) is 1.60. The fraction of sp³-hybridized carbons (Fsp3) is 0.375. The summed E-state index contributed by atoms with van der Waals surface area (Å²) in [6.45, 7) is 0.722. The minimum Gasteiger partial charge on any atom is -0.382 e. The molecule has 1 aliphatic heterocycles. The van der Waals surface area contributed by atoms with Gasteiger partial charge in [0.1, 0.15) is 0 Å². The summed E-state index contributed by atoms with van der Waals surface area (Å²) in [5.74, 6) is 0.151. The van der Waals surface area contributed by atoms with Crippen LogP contribution in [0, 0.1) is 5.41 Å². The lowest BCUT2D eigenvalue weighted by molar-refractivity contribution is -0.124. The molecule has 102 valence electrons. The number of benzene rings is 1. The molecule has 1 aromatic heterocycles. The number of pyridine rings is 1. The Morgan fingerprint density at radius 2 is 1.95 bits per heavy atom. The highest BCUT2D eigenvalue weighted by Crippen LogP contribution is 2.43. The van der Waals surface area contributed by atoms with E-state index in [4.69, 9.17) is 0 Å². The van der Waals surface area contributed by atoms with Crippen molar-refractivity contribution in [1.82, 2.24) is 4.98 Å². The first-order valence-corrected chi connectivity index (χ1v) is 7.22. The fourth-order valence-corrected chi connectivity index (χ4v) is 3.47. The topological polar surface area (TPSA) is 54.0 Å². The monoisotopic (exact) mass is 267 g/mol. The maximum absolute atomic E-state index is 12.6. The average molecular weight is 267 g/mol. The first kappa shape index (κ1) is 11.7. The van der Waals surface area contributed by atoms with Crippen molar-refractivity contribution < 1.29 is 4.79 Å². The lowest BCUT2D eigenvalue weighted by atomic mass is 9.85. The van der Waals surface area contributed by atoms with Crippen LogP contribution in [0.25, 0.3) is 10.9 Å². The summed E-state index contributed by atoms with van der Waals surface area (Å²) in [4.78, 5) is 17.0. The van der Waals surface area contributed by atoms with Crippen LogP contribution in [0.2, 0.25) is 0 Å². The van der Waals surface area contributed by atoms with Gasteiger partial charge < -0.3 is 10.6 Å². The van der Waals surface area contributed by atoms with Crippen molar-refractivity contribution in [2.24, 2.45) is 5.41 Å². The molecule has 4 nitrogen and oxygen atoms in total. The number of nitrogens with one attached hydrogen (secondary N) is 2. The zero-order valence-corrected chi connectivity index (χ0v) is 11.3. The van der Waals surface area contributed by atoms with E-state index in [9.17, 15) is 4.79 Å². The molecular weight excluding hydrogens is 250 g/mol. The van der Waals surface area contributed by atoms with E-state index in [2.05, 4.69) is 15.6 Å². The average Bonchev–Trinajstić information content (AvgIpc) is 2.90. The lowest BCUT2D eigenvalue weighted by Crippen LogP contribution is -2.37. The van der Waals surface area contributed by atoms with Crippen molar-refractivity contribution >= 4 is 28.2 Å². The van der Waals surface area contributed by atoms with E-state index in [1.54, 1.807) is 6.20 Å². The summed E-state index contributed by atoms with van der Waals surface area (Å²) >= 11 is 0. The van der Waals surface area contributed by atoms with E-state index in [1.165, 1.54) is 0 Å². The van der Waals surface area contributed by atoms with Crippen LogP contribution in [0.4, 0.5) is 11.4 Å². The van der Waals surface area contributed by atoms with Gasteiger partial charge in [0.05, 0.1) is 28.5 Å². The molecule has 20 heavy (non-hydrogen) atoms. The number of carbonyl (C=O) groups is 1. The highest BCUT2D eigenvalue weighted by molar-refractivity contribution is 6.06. The van der Waals surface area contributed by atoms with Gasteiger partial charge in [0, 0.05) is 11.9 Å². The van der Waals surface area contributed by atoms with E-state index in [0.29, 0.717) is 0 Å². The number of amides is 1. The van der Waals surface area contributed by atoms with Gasteiger partial charge in [0.25, 0.3) is 0 Å². The predicted octanol–water partition coefficient (Wildman–Crippen LogP) is 3.16. The van der Waals surface area contributed by atoms with Crippen molar-refractivity contribution in [3.05, 3.63) is 30.5 Å².